The smallest absolute Gasteiger partial charge is 0.227 e. The Bertz CT molecular complexity index is 765. The van der Waals surface area contributed by atoms with Crippen LogP contribution in [-0.2, 0) is 0 Å². The van der Waals surface area contributed by atoms with Crippen LogP contribution in [0.4, 0.5) is 0 Å². The molecule has 1 aromatic heterocycles. The summed E-state index contributed by atoms with van der Waals surface area (Å²) in [6.07, 6.45) is 1.34. The molecule has 5 heteroatoms. The Morgan fingerprint density at radius 3 is 2.89 bits per heavy atom. The summed E-state index contributed by atoms with van der Waals surface area (Å²) in [5.74, 6) is 0.510. The molecule has 0 amide bonds. The lowest BCUT2D eigenvalue weighted by molar-refractivity contribution is 0.322. The molecule has 3 aromatic rings. The zero-order valence-corrected chi connectivity index (χ0v) is 10.5. The van der Waals surface area contributed by atoms with E-state index in [4.69, 9.17) is 21.2 Å². The minimum absolute atomic E-state index is 0.510. The highest BCUT2D eigenvalue weighted by atomic mass is 35.5. The summed E-state index contributed by atoms with van der Waals surface area (Å²) in [6, 6.07) is 12.7. The summed E-state index contributed by atoms with van der Waals surface area (Å²) >= 11 is 5.95. The zero-order valence-electron chi connectivity index (χ0n) is 9.75. The van der Waals surface area contributed by atoms with Crippen LogP contribution in [-0.4, -0.2) is 16.4 Å². The largest absolute Gasteiger partial charge is 0.436 e. The number of oxime groups is 1. The van der Waals surface area contributed by atoms with Gasteiger partial charge in [0.1, 0.15) is 5.52 Å². The number of fused-ring (bicyclic) bond motifs is 1. The zero-order chi connectivity index (χ0) is 13.2. The van der Waals surface area contributed by atoms with Crippen LogP contribution >= 0.6 is 11.6 Å². The second-order valence-corrected chi connectivity index (χ2v) is 4.44. The lowest BCUT2D eigenvalue weighted by Gasteiger charge is -1.94. The van der Waals surface area contributed by atoms with Crippen molar-refractivity contribution >= 4 is 28.9 Å². The molecule has 0 unspecified atom stereocenters. The lowest BCUT2D eigenvalue weighted by Crippen LogP contribution is -1.80. The SMILES string of the molecule is O/N=C/c1ccc2oc(-c3cccc(Cl)c3)nc2c1. The number of rotatable bonds is 2. The molecule has 0 radical (unpaired) electrons. The molecular formula is C14H9ClN2O2. The van der Waals surface area contributed by atoms with Crippen molar-refractivity contribution in [2.75, 3.05) is 0 Å². The first-order valence-electron chi connectivity index (χ1n) is 5.60. The van der Waals surface area contributed by atoms with E-state index < -0.39 is 0 Å². The fourth-order valence-electron chi connectivity index (χ4n) is 1.84. The van der Waals surface area contributed by atoms with Crippen LogP contribution in [0, 0.1) is 0 Å². The number of hydrogen-bond acceptors (Lipinski definition) is 4. The van der Waals surface area contributed by atoms with Gasteiger partial charge in [0, 0.05) is 10.6 Å². The fourth-order valence-corrected chi connectivity index (χ4v) is 2.03. The van der Waals surface area contributed by atoms with Crippen LogP contribution < -0.4 is 0 Å². The summed E-state index contributed by atoms with van der Waals surface area (Å²) in [4.78, 5) is 4.40. The van der Waals surface area contributed by atoms with Gasteiger partial charge < -0.3 is 9.62 Å². The molecule has 0 atom stereocenters. The molecule has 3 rings (SSSR count). The lowest BCUT2D eigenvalue weighted by atomic mass is 10.2. The molecule has 0 saturated carbocycles. The number of nitrogens with zero attached hydrogens (tertiary/aromatic N) is 2. The Morgan fingerprint density at radius 1 is 1.21 bits per heavy atom. The Balaban J connectivity index is 2.11. The van der Waals surface area contributed by atoms with Crippen LogP contribution in [0.3, 0.4) is 0 Å². The van der Waals surface area contributed by atoms with Crippen LogP contribution in [0.5, 0.6) is 0 Å². The van der Waals surface area contributed by atoms with Crippen LogP contribution in [0.25, 0.3) is 22.6 Å². The van der Waals surface area contributed by atoms with Crippen molar-refractivity contribution in [3.8, 4) is 11.5 Å². The van der Waals surface area contributed by atoms with Gasteiger partial charge in [-0.25, -0.2) is 4.98 Å². The molecule has 94 valence electrons. The maximum absolute atomic E-state index is 8.52. The summed E-state index contributed by atoms with van der Waals surface area (Å²) in [5.41, 5.74) is 2.94. The first-order valence-corrected chi connectivity index (χ1v) is 5.98. The van der Waals surface area contributed by atoms with Gasteiger partial charge in [-0.3, -0.25) is 0 Å². The first-order chi connectivity index (χ1) is 9.26. The van der Waals surface area contributed by atoms with Gasteiger partial charge >= 0.3 is 0 Å². The van der Waals surface area contributed by atoms with Gasteiger partial charge in [-0.15, -0.1) is 0 Å². The number of hydrogen-bond donors (Lipinski definition) is 1. The molecule has 1 heterocycles. The first kappa shape index (κ1) is 11.7. The monoisotopic (exact) mass is 272 g/mol. The molecule has 0 bridgehead atoms. The molecule has 0 aliphatic rings. The highest BCUT2D eigenvalue weighted by Gasteiger charge is 2.08. The van der Waals surface area contributed by atoms with Crippen molar-refractivity contribution in [1.29, 1.82) is 0 Å². The number of oxazole rings is 1. The quantitative estimate of drug-likeness (QED) is 0.436. The second kappa shape index (κ2) is 4.74. The Hall–Kier alpha value is -2.33. The predicted molar refractivity (Wildman–Crippen MR) is 73.8 cm³/mol. The molecule has 0 aliphatic carbocycles. The van der Waals surface area contributed by atoms with Crippen LogP contribution in [0.2, 0.25) is 5.02 Å². The molecule has 0 aliphatic heterocycles. The third-order valence-electron chi connectivity index (χ3n) is 2.69. The molecule has 19 heavy (non-hydrogen) atoms. The van der Waals surface area contributed by atoms with Crippen molar-refractivity contribution in [2.45, 2.75) is 0 Å². The van der Waals surface area contributed by atoms with Gasteiger partial charge in [-0.2, -0.15) is 0 Å². The van der Waals surface area contributed by atoms with Gasteiger partial charge in [0.05, 0.1) is 6.21 Å². The minimum Gasteiger partial charge on any atom is -0.436 e. The van der Waals surface area contributed by atoms with Gasteiger partial charge in [0.25, 0.3) is 0 Å². The molecule has 0 spiro atoms. The average Bonchev–Trinajstić information content (AvgIpc) is 2.82. The summed E-state index contributed by atoms with van der Waals surface area (Å²) < 4.78 is 5.67. The fraction of sp³-hybridized carbons (Fsp3) is 0. The van der Waals surface area contributed by atoms with E-state index in [1.54, 1.807) is 30.3 Å². The van der Waals surface area contributed by atoms with Gasteiger partial charge in [-0.05, 0) is 42.0 Å². The number of halogens is 1. The third kappa shape index (κ3) is 2.30. The maximum Gasteiger partial charge on any atom is 0.227 e. The highest BCUT2D eigenvalue weighted by Crippen LogP contribution is 2.26. The average molecular weight is 273 g/mol. The molecule has 0 saturated heterocycles. The second-order valence-electron chi connectivity index (χ2n) is 4.00. The van der Waals surface area contributed by atoms with E-state index in [1.165, 1.54) is 6.21 Å². The van der Waals surface area contributed by atoms with E-state index in [9.17, 15) is 0 Å². The van der Waals surface area contributed by atoms with Crippen LogP contribution in [0.1, 0.15) is 5.56 Å². The van der Waals surface area contributed by atoms with Crippen molar-refractivity contribution < 1.29 is 9.62 Å². The van der Waals surface area contributed by atoms with E-state index in [-0.39, 0.29) is 0 Å². The molecule has 2 aromatic carbocycles. The molecule has 4 nitrogen and oxygen atoms in total. The van der Waals surface area contributed by atoms with E-state index in [0.717, 1.165) is 11.1 Å². The third-order valence-corrected chi connectivity index (χ3v) is 2.93. The van der Waals surface area contributed by atoms with Crippen LogP contribution in [0.15, 0.2) is 52.0 Å². The Labute approximate surface area is 113 Å². The Morgan fingerprint density at radius 2 is 2.11 bits per heavy atom. The topological polar surface area (TPSA) is 58.6 Å². The molecule has 1 N–H and O–H groups in total. The van der Waals surface area contributed by atoms with E-state index in [2.05, 4.69) is 10.1 Å². The molecular weight excluding hydrogens is 264 g/mol. The summed E-state index contributed by atoms with van der Waals surface area (Å²) in [5, 5.41) is 12.1. The highest BCUT2D eigenvalue weighted by molar-refractivity contribution is 6.30. The van der Waals surface area contributed by atoms with Crippen molar-refractivity contribution in [3.05, 3.63) is 53.1 Å². The normalized spacial score (nSPS) is 11.4. The standard InChI is InChI=1S/C14H9ClN2O2/c15-11-3-1-2-10(7-11)14-17-12-6-9(8-16-18)4-5-13(12)19-14/h1-8,18H/b16-8+. The number of aromatic nitrogens is 1. The minimum atomic E-state index is 0.510. The van der Waals surface area contributed by atoms with Crippen molar-refractivity contribution in [1.82, 2.24) is 4.98 Å². The van der Waals surface area contributed by atoms with Gasteiger partial charge in [0.15, 0.2) is 5.58 Å². The van der Waals surface area contributed by atoms with E-state index >= 15 is 0 Å². The van der Waals surface area contributed by atoms with Gasteiger partial charge in [-0.1, -0.05) is 22.8 Å². The number of benzene rings is 2. The van der Waals surface area contributed by atoms with E-state index in [0.29, 0.717) is 22.0 Å². The van der Waals surface area contributed by atoms with E-state index in [1.807, 2.05) is 12.1 Å². The summed E-state index contributed by atoms with van der Waals surface area (Å²) in [7, 11) is 0. The summed E-state index contributed by atoms with van der Waals surface area (Å²) in [6.45, 7) is 0. The predicted octanol–water partition coefficient (Wildman–Crippen LogP) is 3.96. The van der Waals surface area contributed by atoms with Crippen molar-refractivity contribution in [2.24, 2.45) is 5.16 Å². The maximum atomic E-state index is 8.52. The Kier molecular flexibility index (Phi) is 2.93. The van der Waals surface area contributed by atoms with Crippen molar-refractivity contribution in [3.63, 3.8) is 0 Å². The molecule has 0 fully saturated rings. The van der Waals surface area contributed by atoms with Gasteiger partial charge in [0.2, 0.25) is 5.89 Å².